The van der Waals surface area contributed by atoms with E-state index in [1.54, 1.807) is 11.1 Å². The fraction of sp³-hybridized carbons (Fsp3) is 0.500. The number of rotatable bonds is 0. The molecule has 1 saturated heterocycles. The number of piperidine rings is 1. The maximum absolute atomic E-state index is 2.60. The van der Waals surface area contributed by atoms with Gasteiger partial charge in [0.1, 0.15) is 0 Å². The van der Waals surface area contributed by atoms with Gasteiger partial charge in [0.05, 0.1) is 0 Å². The second-order valence-electron chi connectivity index (χ2n) is 5.98. The second kappa shape index (κ2) is 3.46. The van der Waals surface area contributed by atoms with Gasteiger partial charge in [0, 0.05) is 18.5 Å². The van der Waals surface area contributed by atoms with Gasteiger partial charge in [0.25, 0.3) is 0 Å². The first-order valence-corrected chi connectivity index (χ1v) is 6.79. The van der Waals surface area contributed by atoms with Gasteiger partial charge in [0.15, 0.2) is 0 Å². The first kappa shape index (κ1) is 9.90. The Hall–Kier alpha value is -1.08. The van der Waals surface area contributed by atoms with Gasteiger partial charge in [-0.15, -0.1) is 0 Å². The number of nitrogens with zero attached hydrogens (tertiary/aromatic N) is 1. The van der Waals surface area contributed by atoms with Crippen LogP contribution in [0.2, 0.25) is 0 Å². The minimum Gasteiger partial charge on any atom is -0.302 e. The summed E-state index contributed by atoms with van der Waals surface area (Å²) in [5.41, 5.74) is 3.18. The number of allylic oxidation sites excluding steroid dienone is 1. The van der Waals surface area contributed by atoms with Crippen LogP contribution < -0.4 is 0 Å². The minimum atomic E-state index is 0.684. The van der Waals surface area contributed by atoms with E-state index in [2.05, 4.69) is 48.4 Å². The molecular weight excluding hydrogens is 206 g/mol. The molecule has 88 valence electrons. The van der Waals surface area contributed by atoms with Crippen LogP contribution in [0.25, 0.3) is 0 Å². The van der Waals surface area contributed by atoms with Crippen LogP contribution in [0, 0.1) is 11.8 Å². The molecule has 0 amide bonds. The summed E-state index contributed by atoms with van der Waals surface area (Å²) in [7, 11) is 2.31. The van der Waals surface area contributed by atoms with E-state index in [9.17, 15) is 0 Å². The van der Waals surface area contributed by atoms with Gasteiger partial charge >= 0.3 is 0 Å². The van der Waals surface area contributed by atoms with Crippen LogP contribution in [-0.2, 0) is 6.42 Å². The zero-order valence-corrected chi connectivity index (χ0v) is 10.3. The van der Waals surface area contributed by atoms with E-state index in [0.29, 0.717) is 5.92 Å². The Morgan fingerprint density at radius 3 is 3.00 bits per heavy atom. The summed E-state index contributed by atoms with van der Waals surface area (Å²) in [6.07, 6.45) is 7.63. The van der Waals surface area contributed by atoms with Crippen LogP contribution in [0.5, 0.6) is 0 Å². The fourth-order valence-electron chi connectivity index (χ4n) is 4.27. The highest BCUT2D eigenvalue weighted by atomic mass is 15.1. The summed E-state index contributed by atoms with van der Waals surface area (Å²) in [4.78, 5) is 2.60. The highest BCUT2D eigenvalue weighted by Gasteiger charge is 2.43. The number of benzene rings is 1. The molecule has 2 aliphatic carbocycles. The van der Waals surface area contributed by atoms with Gasteiger partial charge < -0.3 is 4.90 Å². The topological polar surface area (TPSA) is 3.24 Å². The van der Waals surface area contributed by atoms with E-state index >= 15 is 0 Å². The molecular formula is C16H19N. The smallest absolute Gasteiger partial charge is 0.0170 e. The third-order valence-corrected chi connectivity index (χ3v) is 5.05. The Labute approximate surface area is 103 Å². The van der Waals surface area contributed by atoms with Gasteiger partial charge in [-0.1, -0.05) is 36.4 Å². The molecule has 1 fully saturated rings. The standard InChI is InChI=1S/C16H19N/c1-17-10-11-6-7-14-13-5-3-2-4-12(13)9-16(17)15(14)8-11/h2-7,11,14-16H,8-10H2,1H3. The van der Waals surface area contributed by atoms with E-state index in [0.717, 1.165) is 17.9 Å². The van der Waals surface area contributed by atoms with Crippen LogP contribution in [0.4, 0.5) is 0 Å². The van der Waals surface area contributed by atoms with Crippen molar-refractivity contribution in [3.05, 3.63) is 47.5 Å². The van der Waals surface area contributed by atoms with Crippen molar-refractivity contribution in [1.29, 1.82) is 0 Å². The maximum Gasteiger partial charge on any atom is 0.0170 e. The molecule has 1 aromatic rings. The molecule has 1 nitrogen and oxygen atoms in total. The van der Waals surface area contributed by atoms with Crippen molar-refractivity contribution in [2.24, 2.45) is 11.8 Å². The molecule has 0 aromatic heterocycles. The predicted octanol–water partition coefficient (Wildman–Crippen LogP) is 2.83. The summed E-state index contributed by atoms with van der Waals surface area (Å²) in [6.45, 7) is 1.26. The summed E-state index contributed by atoms with van der Waals surface area (Å²) >= 11 is 0. The monoisotopic (exact) mass is 225 g/mol. The first-order chi connectivity index (χ1) is 8.33. The third-order valence-electron chi connectivity index (χ3n) is 5.05. The van der Waals surface area contributed by atoms with Gasteiger partial charge in [0.2, 0.25) is 0 Å². The second-order valence-corrected chi connectivity index (χ2v) is 5.98. The average molecular weight is 225 g/mol. The van der Waals surface area contributed by atoms with Crippen LogP contribution in [-0.4, -0.2) is 24.5 Å². The van der Waals surface area contributed by atoms with Crippen molar-refractivity contribution in [3.63, 3.8) is 0 Å². The van der Waals surface area contributed by atoms with Crippen molar-refractivity contribution in [3.8, 4) is 0 Å². The van der Waals surface area contributed by atoms with Crippen LogP contribution >= 0.6 is 0 Å². The third kappa shape index (κ3) is 1.35. The van der Waals surface area contributed by atoms with Gasteiger partial charge in [-0.25, -0.2) is 0 Å². The number of hydrogen-bond acceptors (Lipinski definition) is 1. The van der Waals surface area contributed by atoms with E-state index in [-0.39, 0.29) is 0 Å². The average Bonchev–Trinajstić information content (AvgIpc) is 2.37. The van der Waals surface area contributed by atoms with E-state index in [1.807, 2.05) is 0 Å². The zero-order chi connectivity index (χ0) is 11.4. The van der Waals surface area contributed by atoms with Gasteiger partial charge in [-0.2, -0.15) is 0 Å². The lowest BCUT2D eigenvalue weighted by atomic mass is 9.64. The zero-order valence-electron chi connectivity index (χ0n) is 10.3. The lowest BCUT2D eigenvalue weighted by Gasteiger charge is -2.50. The Morgan fingerprint density at radius 2 is 2.06 bits per heavy atom. The van der Waals surface area contributed by atoms with E-state index in [4.69, 9.17) is 0 Å². The van der Waals surface area contributed by atoms with Crippen molar-refractivity contribution >= 4 is 0 Å². The van der Waals surface area contributed by atoms with Crippen molar-refractivity contribution < 1.29 is 0 Å². The van der Waals surface area contributed by atoms with Gasteiger partial charge in [-0.05, 0) is 42.9 Å². The quantitative estimate of drug-likeness (QED) is 0.614. The molecule has 2 bridgehead atoms. The molecule has 1 aliphatic heterocycles. The predicted molar refractivity (Wildman–Crippen MR) is 70.0 cm³/mol. The Bertz CT molecular complexity index is 476. The Morgan fingerprint density at radius 1 is 1.18 bits per heavy atom. The molecule has 3 aliphatic rings. The highest BCUT2D eigenvalue weighted by molar-refractivity contribution is 5.39. The maximum atomic E-state index is 2.60. The molecule has 1 heteroatoms. The van der Waals surface area contributed by atoms with Crippen molar-refractivity contribution in [1.82, 2.24) is 4.90 Å². The lowest BCUT2D eigenvalue weighted by molar-refractivity contribution is 0.0709. The molecule has 1 heterocycles. The first-order valence-electron chi connectivity index (χ1n) is 6.79. The molecule has 0 spiro atoms. The number of hydrogen-bond donors (Lipinski definition) is 0. The molecule has 0 radical (unpaired) electrons. The summed E-state index contributed by atoms with van der Waals surface area (Å²) in [6, 6.07) is 9.84. The molecule has 0 N–H and O–H groups in total. The van der Waals surface area contributed by atoms with Crippen LogP contribution in [0.3, 0.4) is 0 Å². The van der Waals surface area contributed by atoms with Crippen LogP contribution in [0.15, 0.2) is 36.4 Å². The Balaban J connectivity index is 1.87. The fourth-order valence-corrected chi connectivity index (χ4v) is 4.27. The normalized spacial score (nSPS) is 38.9. The molecule has 0 saturated carbocycles. The lowest BCUT2D eigenvalue weighted by Crippen LogP contribution is -2.52. The van der Waals surface area contributed by atoms with Gasteiger partial charge in [-0.3, -0.25) is 0 Å². The number of fused-ring (bicyclic) bond motifs is 3. The summed E-state index contributed by atoms with van der Waals surface area (Å²) in [5, 5.41) is 0. The summed E-state index contributed by atoms with van der Waals surface area (Å²) < 4.78 is 0. The molecule has 4 unspecified atom stereocenters. The summed E-state index contributed by atoms with van der Waals surface area (Å²) in [5.74, 6) is 2.35. The van der Waals surface area contributed by atoms with E-state index in [1.165, 1.54) is 19.4 Å². The van der Waals surface area contributed by atoms with Crippen LogP contribution in [0.1, 0.15) is 23.5 Å². The number of likely N-dealkylation sites (N-methyl/N-ethyl adjacent to an activating group) is 1. The Kier molecular flexibility index (Phi) is 2.01. The molecule has 4 rings (SSSR count). The molecule has 17 heavy (non-hydrogen) atoms. The highest BCUT2D eigenvalue weighted by Crippen LogP contribution is 2.47. The largest absolute Gasteiger partial charge is 0.302 e. The molecule has 4 atom stereocenters. The van der Waals surface area contributed by atoms with E-state index < -0.39 is 0 Å². The van der Waals surface area contributed by atoms with Crippen molar-refractivity contribution in [2.45, 2.75) is 24.8 Å². The SMILES string of the molecule is CN1CC2C=CC3c4ccccc4CC1C3C2. The minimum absolute atomic E-state index is 0.684. The molecule has 1 aromatic carbocycles. The number of likely N-dealkylation sites (tertiary alicyclic amines) is 1. The van der Waals surface area contributed by atoms with Crippen molar-refractivity contribution in [2.75, 3.05) is 13.6 Å².